The van der Waals surface area contributed by atoms with Gasteiger partial charge in [-0.25, -0.2) is 4.98 Å². The van der Waals surface area contributed by atoms with Crippen LogP contribution >= 0.6 is 15.9 Å². The van der Waals surface area contributed by atoms with Crippen LogP contribution in [0.2, 0.25) is 0 Å². The van der Waals surface area contributed by atoms with E-state index in [-0.39, 0.29) is 0 Å². The lowest BCUT2D eigenvalue weighted by molar-refractivity contribution is 1.14. The van der Waals surface area contributed by atoms with Gasteiger partial charge in [0.1, 0.15) is 0 Å². The van der Waals surface area contributed by atoms with E-state index in [0.29, 0.717) is 5.95 Å². The molecular weight excluding hydrogens is 242 g/mol. The molecule has 0 radical (unpaired) electrons. The van der Waals surface area contributed by atoms with Crippen molar-refractivity contribution in [2.45, 2.75) is 6.42 Å². The van der Waals surface area contributed by atoms with Gasteiger partial charge in [-0.2, -0.15) is 0 Å². The van der Waals surface area contributed by atoms with Crippen molar-refractivity contribution in [1.82, 2.24) is 9.97 Å². The molecule has 14 heavy (non-hydrogen) atoms. The summed E-state index contributed by atoms with van der Waals surface area (Å²) in [6.07, 6.45) is 0.885. The maximum Gasteiger partial charge on any atom is 0.198 e. The van der Waals surface area contributed by atoms with Crippen molar-refractivity contribution in [3.63, 3.8) is 0 Å². The van der Waals surface area contributed by atoms with Gasteiger partial charge in [0.05, 0.1) is 5.69 Å². The van der Waals surface area contributed by atoms with Gasteiger partial charge in [0.2, 0.25) is 0 Å². The highest BCUT2D eigenvalue weighted by Crippen LogP contribution is 2.38. The molecule has 0 spiro atoms. The molecule has 0 fully saturated rings. The van der Waals surface area contributed by atoms with Gasteiger partial charge < -0.3 is 10.7 Å². The molecule has 0 unspecified atom stereocenters. The van der Waals surface area contributed by atoms with Crippen LogP contribution in [0.25, 0.3) is 11.3 Å². The first-order valence-corrected chi connectivity index (χ1v) is 5.17. The van der Waals surface area contributed by atoms with Crippen LogP contribution in [0.15, 0.2) is 22.7 Å². The number of halogens is 1. The molecule has 0 bridgehead atoms. The molecule has 0 amide bonds. The predicted molar refractivity (Wildman–Crippen MR) is 58.9 cm³/mol. The molecule has 1 aromatic heterocycles. The Kier molecular flexibility index (Phi) is 1.50. The first-order valence-electron chi connectivity index (χ1n) is 4.38. The molecule has 3 N–H and O–H groups in total. The average Bonchev–Trinajstić information content (AvgIpc) is 2.63. The fourth-order valence-electron chi connectivity index (χ4n) is 1.92. The van der Waals surface area contributed by atoms with E-state index >= 15 is 0 Å². The fourth-order valence-corrected chi connectivity index (χ4v) is 2.42. The van der Waals surface area contributed by atoms with Gasteiger partial charge in [-0.3, -0.25) is 0 Å². The molecule has 0 atom stereocenters. The number of aromatic nitrogens is 2. The fraction of sp³-hybridized carbons (Fsp3) is 0.100. The van der Waals surface area contributed by atoms with Gasteiger partial charge in [-0.1, -0.05) is 28.1 Å². The number of H-pyrrole nitrogens is 1. The number of hydrogen-bond donors (Lipinski definition) is 2. The molecule has 1 aliphatic rings. The van der Waals surface area contributed by atoms with Gasteiger partial charge in [0.15, 0.2) is 5.95 Å². The number of anilines is 1. The van der Waals surface area contributed by atoms with Crippen LogP contribution in [-0.2, 0) is 6.42 Å². The Morgan fingerprint density at radius 1 is 1.43 bits per heavy atom. The van der Waals surface area contributed by atoms with Crippen molar-refractivity contribution in [3.05, 3.63) is 33.9 Å². The number of rotatable bonds is 0. The minimum Gasteiger partial charge on any atom is -0.369 e. The lowest BCUT2D eigenvalue weighted by Gasteiger charge is -2.00. The zero-order valence-electron chi connectivity index (χ0n) is 7.34. The topological polar surface area (TPSA) is 54.7 Å². The molecule has 2 aromatic rings. The van der Waals surface area contributed by atoms with E-state index < -0.39 is 0 Å². The maximum atomic E-state index is 5.61. The highest BCUT2D eigenvalue weighted by Gasteiger charge is 2.23. The van der Waals surface area contributed by atoms with Crippen LogP contribution in [0, 0.1) is 0 Å². The third kappa shape index (κ3) is 0.944. The molecule has 1 heterocycles. The van der Waals surface area contributed by atoms with Crippen molar-refractivity contribution in [3.8, 4) is 11.3 Å². The summed E-state index contributed by atoms with van der Waals surface area (Å²) >= 11 is 3.54. The summed E-state index contributed by atoms with van der Waals surface area (Å²) in [6.45, 7) is 0. The van der Waals surface area contributed by atoms with Gasteiger partial charge in [-0.15, -0.1) is 0 Å². The van der Waals surface area contributed by atoms with Gasteiger partial charge >= 0.3 is 0 Å². The van der Waals surface area contributed by atoms with Gasteiger partial charge in [-0.05, 0) is 11.6 Å². The van der Waals surface area contributed by atoms with Crippen LogP contribution in [0.1, 0.15) is 11.3 Å². The first-order chi connectivity index (χ1) is 6.75. The minimum absolute atomic E-state index is 0.501. The van der Waals surface area contributed by atoms with Crippen LogP contribution < -0.4 is 5.73 Å². The zero-order valence-corrected chi connectivity index (χ0v) is 8.93. The number of imidazole rings is 1. The van der Waals surface area contributed by atoms with Crippen molar-refractivity contribution in [2.75, 3.05) is 5.73 Å². The quantitative estimate of drug-likeness (QED) is 0.643. The van der Waals surface area contributed by atoms with Crippen LogP contribution in [0.3, 0.4) is 0 Å². The summed E-state index contributed by atoms with van der Waals surface area (Å²) in [5.74, 6) is 0.501. The first kappa shape index (κ1) is 8.05. The molecule has 70 valence electrons. The Bertz CT molecular complexity index is 516. The SMILES string of the molecule is Nc1nc2c([nH]1)Cc1c(Br)cccc1-2. The number of aromatic amines is 1. The molecule has 1 aromatic carbocycles. The summed E-state index contributed by atoms with van der Waals surface area (Å²) in [5, 5.41) is 0. The zero-order chi connectivity index (χ0) is 9.71. The maximum absolute atomic E-state index is 5.61. The largest absolute Gasteiger partial charge is 0.369 e. The summed E-state index contributed by atoms with van der Waals surface area (Å²) in [5.41, 5.74) is 10.2. The third-order valence-corrected chi connectivity index (χ3v) is 3.27. The average molecular weight is 250 g/mol. The van der Waals surface area contributed by atoms with Crippen LogP contribution in [-0.4, -0.2) is 9.97 Å². The van der Waals surface area contributed by atoms with Crippen molar-refractivity contribution in [1.29, 1.82) is 0 Å². The molecule has 1 aliphatic carbocycles. The molecule has 0 saturated heterocycles. The molecule has 3 rings (SSSR count). The van der Waals surface area contributed by atoms with Gasteiger partial charge in [0.25, 0.3) is 0 Å². The van der Waals surface area contributed by atoms with E-state index in [4.69, 9.17) is 5.73 Å². The lowest BCUT2D eigenvalue weighted by Crippen LogP contribution is -1.90. The summed E-state index contributed by atoms with van der Waals surface area (Å²) in [6, 6.07) is 6.14. The highest BCUT2D eigenvalue weighted by atomic mass is 79.9. The second kappa shape index (κ2) is 2.60. The highest BCUT2D eigenvalue weighted by molar-refractivity contribution is 9.10. The number of hydrogen-bond acceptors (Lipinski definition) is 2. The lowest BCUT2D eigenvalue weighted by atomic mass is 10.1. The second-order valence-corrected chi connectivity index (χ2v) is 4.25. The Balaban J connectivity index is 2.30. The van der Waals surface area contributed by atoms with Crippen LogP contribution in [0.5, 0.6) is 0 Å². The monoisotopic (exact) mass is 249 g/mol. The normalized spacial score (nSPS) is 12.6. The van der Waals surface area contributed by atoms with Crippen molar-refractivity contribution in [2.24, 2.45) is 0 Å². The summed E-state index contributed by atoms with van der Waals surface area (Å²) in [7, 11) is 0. The number of nitrogens with one attached hydrogen (secondary N) is 1. The molecule has 0 aliphatic heterocycles. The molecule has 0 saturated carbocycles. The number of nitrogens with zero attached hydrogens (tertiary/aromatic N) is 1. The van der Waals surface area contributed by atoms with Crippen molar-refractivity contribution >= 4 is 21.9 Å². The number of nitrogens with two attached hydrogens (primary N) is 1. The molecule has 3 nitrogen and oxygen atoms in total. The summed E-state index contributed by atoms with van der Waals surface area (Å²) in [4.78, 5) is 7.35. The Hall–Kier alpha value is -1.29. The van der Waals surface area contributed by atoms with E-state index in [1.165, 1.54) is 11.1 Å². The number of fused-ring (bicyclic) bond motifs is 3. The smallest absolute Gasteiger partial charge is 0.198 e. The van der Waals surface area contributed by atoms with E-state index in [0.717, 1.165) is 22.3 Å². The number of benzene rings is 1. The standard InChI is InChI=1S/C10H8BrN3/c11-7-3-1-2-5-6(7)4-8-9(5)14-10(12)13-8/h1-3H,4H2,(H3,12,13,14). The van der Waals surface area contributed by atoms with E-state index in [1.807, 2.05) is 12.1 Å². The Morgan fingerprint density at radius 2 is 2.29 bits per heavy atom. The van der Waals surface area contributed by atoms with Gasteiger partial charge in [0, 0.05) is 22.2 Å². The molecular formula is C10H8BrN3. The summed E-state index contributed by atoms with van der Waals surface area (Å²) < 4.78 is 1.14. The van der Waals surface area contributed by atoms with E-state index in [1.54, 1.807) is 0 Å². The van der Waals surface area contributed by atoms with E-state index in [9.17, 15) is 0 Å². The molecule has 4 heteroatoms. The third-order valence-electron chi connectivity index (χ3n) is 2.52. The Labute approximate surface area is 89.5 Å². The second-order valence-electron chi connectivity index (χ2n) is 3.39. The predicted octanol–water partition coefficient (Wildman–Crippen LogP) is 2.33. The Morgan fingerprint density at radius 3 is 3.14 bits per heavy atom. The number of nitrogen functional groups attached to an aromatic ring is 1. The van der Waals surface area contributed by atoms with Crippen LogP contribution in [0.4, 0.5) is 5.95 Å². The van der Waals surface area contributed by atoms with E-state index in [2.05, 4.69) is 32.0 Å². The minimum atomic E-state index is 0.501. The van der Waals surface area contributed by atoms with Crippen molar-refractivity contribution < 1.29 is 0 Å².